The van der Waals surface area contributed by atoms with Gasteiger partial charge in [-0.2, -0.15) is 0 Å². The van der Waals surface area contributed by atoms with Crippen molar-refractivity contribution in [3.8, 4) is 0 Å². The highest BCUT2D eigenvalue weighted by atomic mass is 16.2. The molecule has 7 nitrogen and oxygen atoms in total. The van der Waals surface area contributed by atoms with Gasteiger partial charge in [-0.15, -0.1) is 0 Å². The van der Waals surface area contributed by atoms with Crippen LogP contribution in [0.3, 0.4) is 0 Å². The van der Waals surface area contributed by atoms with Crippen molar-refractivity contribution in [2.45, 2.75) is 26.7 Å². The highest BCUT2D eigenvalue weighted by molar-refractivity contribution is 5.76. The zero-order valence-electron chi connectivity index (χ0n) is 16.2. The molecule has 0 aromatic carbocycles. The van der Waals surface area contributed by atoms with Crippen LogP contribution >= 0.6 is 0 Å². The Balaban J connectivity index is 1.35. The molecule has 0 saturated carbocycles. The van der Waals surface area contributed by atoms with E-state index in [1.807, 2.05) is 43.1 Å². The lowest BCUT2D eigenvalue weighted by Gasteiger charge is -2.34. The molecule has 1 fully saturated rings. The first kappa shape index (κ1) is 19.2. The topological polar surface area (TPSA) is 74.2 Å². The predicted octanol–water partition coefficient (Wildman–Crippen LogP) is 1.68. The van der Waals surface area contributed by atoms with Crippen molar-refractivity contribution in [3.05, 3.63) is 47.5 Å². The Bertz CT molecular complexity index is 723. The number of nitrogens with one attached hydrogen (secondary N) is 1. The Kier molecular flexibility index (Phi) is 6.70. The number of pyridine rings is 1. The lowest BCUT2D eigenvalue weighted by Crippen LogP contribution is -2.49. The lowest BCUT2D eigenvalue weighted by molar-refractivity contribution is -0.132. The van der Waals surface area contributed by atoms with Gasteiger partial charge in [0.2, 0.25) is 11.9 Å². The van der Waals surface area contributed by atoms with Crippen molar-refractivity contribution in [2.24, 2.45) is 0 Å². The minimum atomic E-state index is 0.191. The van der Waals surface area contributed by atoms with E-state index in [0.29, 0.717) is 18.9 Å². The molecule has 1 saturated heterocycles. The number of aromatic nitrogens is 3. The van der Waals surface area contributed by atoms with Crippen molar-refractivity contribution < 1.29 is 4.79 Å². The van der Waals surface area contributed by atoms with Gasteiger partial charge in [0.05, 0.1) is 0 Å². The monoisotopic (exact) mass is 368 g/mol. The van der Waals surface area contributed by atoms with Crippen molar-refractivity contribution in [1.82, 2.24) is 24.8 Å². The van der Waals surface area contributed by atoms with Crippen LogP contribution < -0.4 is 5.32 Å². The van der Waals surface area contributed by atoms with Crippen molar-refractivity contribution in [1.29, 1.82) is 0 Å². The largest absolute Gasteiger partial charge is 0.354 e. The molecule has 2 aromatic rings. The van der Waals surface area contributed by atoms with E-state index in [9.17, 15) is 4.79 Å². The van der Waals surface area contributed by atoms with Gasteiger partial charge in [-0.3, -0.25) is 14.7 Å². The molecule has 1 amide bonds. The third kappa shape index (κ3) is 5.99. The van der Waals surface area contributed by atoms with Crippen LogP contribution in [0.5, 0.6) is 0 Å². The first-order chi connectivity index (χ1) is 13.1. The third-order valence-electron chi connectivity index (χ3n) is 4.74. The van der Waals surface area contributed by atoms with E-state index in [1.54, 1.807) is 0 Å². The molecular formula is C20H28N6O. The van der Waals surface area contributed by atoms with Crippen molar-refractivity contribution >= 4 is 11.9 Å². The van der Waals surface area contributed by atoms with Crippen LogP contribution in [0.1, 0.15) is 23.5 Å². The van der Waals surface area contributed by atoms with Crippen LogP contribution in [0.15, 0.2) is 30.5 Å². The highest BCUT2D eigenvalue weighted by Crippen LogP contribution is 2.07. The summed E-state index contributed by atoms with van der Waals surface area (Å²) in [5.41, 5.74) is 2.98. The number of anilines is 1. The van der Waals surface area contributed by atoms with Crippen LogP contribution in [-0.4, -0.2) is 69.9 Å². The maximum absolute atomic E-state index is 12.4. The summed E-state index contributed by atoms with van der Waals surface area (Å²) in [6.07, 6.45) is 3.25. The van der Waals surface area contributed by atoms with E-state index in [-0.39, 0.29) is 5.91 Å². The van der Waals surface area contributed by atoms with Gasteiger partial charge in [-0.1, -0.05) is 6.07 Å². The second-order valence-corrected chi connectivity index (χ2v) is 6.94. The molecule has 2 aromatic heterocycles. The Morgan fingerprint density at radius 2 is 1.85 bits per heavy atom. The summed E-state index contributed by atoms with van der Waals surface area (Å²) in [6.45, 7) is 8.86. The number of rotatable bonds is 7. The fraction of sp³-hybridized carbons (Fsp3) is 0.500. The summed E-state index contributed by atoms with van der Waals surface area (Å²) < 4.78 is 0. The molecule has 3 rings (SSSR count). The number of carbonyl (C=O) groups is 1. The zero-order chi connectivity index (χ0) is 19.1. The SMILES string of the molecule is Cc1cc(C)nc(NCCC(=O)N2CCN(CCc3ccccn3)CC2)n1. The van der Waals surface area contributed by atoms with E-state index in [1.165, 1.54) is 0 Å². The maximum Gasteiger partial charge on any atom is 0.224 e. The summed E-state index contributed by atoms with van der Waals surface area (Å²) >= 11 is 0. The zero-order valence-corrected chi connectivity index (χ0v) is 16.2. The van der Waals surface area contributed by atoms with E-state index in [4.69, 9.17) is 0 Å². The minimum absolute atomic E-state index is 0.191. The average Bonchev–Trinajstić information content (AvgIpc) is 2.67. The van der Waals surface area contributed by atoms with Gasteiger partial charge in [0.1, 0.15) is 0 Å². The number of carbonyl (C=O) groups excluding carboxylic acids is 1. The molecule has 0 aliphatic carbocycles. The van der Waals surface area contributed by atoms with Gasteiger partial charge in [0, 0.05) is 75.4 Å². The fourth-order valence-electron chi connectivity index (χ4n) is 3.28. The maximum atomic E-state index is 12.4. The number of hydrogen-bond donors (Lipinski definition) is 1. The summed E-state index contributed by atoms with van der Waals surface area (Å²) in [7, 11) is 0. The standard InChI is InChI=1S/C20H28N6O/c1-16-15-17(2)24-20(23-16)22-9-6-19(27)26-13-11-25(12-14-26)10-7-18-5-3-4-8-21-18/h3-5,8,15H,6-7,9-14H2,1-2H3,(H,22,23,24). The number of hydrogen-bond acceptors (Lipinski definition) is 6. The van der Waals surface area contributed by atoms with Crippen LogP contribution in [0.4, 0.5) is 5.95 Å². The van der Waals surface area contributed by atoms with E-state index < -0.39 is 0 Å². The van der Waals surface area contributed by atoms with Crippen molar-refractivity contribution in [3.63, 3.8) is 0 Å². The molecule has 0 atom stereocenters. The second-order valence-electron chi connectivity index (χ2n) is 6.94. The summed E-state index contributed by atoms with van der Waals surface area (Å²) in [5, 5.41) is 3.16. The summed E-state index contributed by atoms with van der Waals surface area (Å²) in [5.74, 6) is 0.788. The van der Waals surface area contributed by atoms with E-state index in [0.717, 1.165) is 56.2 Å². The number of nitrogens with zero attached hydrogens (tertiary/aromatic N) is 5. The Morgan fingerprint density at radius 3 is 2.52 bits per heavy atom. The van der Waals surface area contributed by atoms with Gasteiger partial charge in [0.25, 0.3) is 0 Å². The normalized spacial score (nSPS) is 15.0. The first-order valence-electron chi connectivity index (χ1n) is 9.56. The summed E-state index contributed by atoms with van der Waals surface area (Å²) in [4.78, 5) is 29.8. The quantitative estimate of drug-likeness (QED) is 0.801. The van der Waals surface area contributed by atoms with Gasteiger partial charge >= 0.3 is 0 Å². The highest BCUT2D eigenvalue weighted by Gasteiger charge is 2.20. The first-order valence-corrected chi connectivity index (χ1v) is 9.56. The Morgan fingerprint density at radius 1 is 1.11 bits per heavy atom. The number of amides is 1. The second kappa shape index (κ2) is 9.41. The molecule has 1 N–H and O–H groups in total. The van der Waals surface area contributed by atoms with Crippen LogP contribution in [0, 0.1) is 13.8 Å². The smallest absolute Gasteiger partial charge is 0.224 e. The molecule has 0 bridgehead atoms. The molecule has 1 aliphatic heterocycles. The molecule has 3 heterocycles. The van der Waals surface area contributed by atoms with Crippen LogP contribution in [-0.2, 0) is 11.2 Å². The number of piperazine rings is 1. The number of aryl methyl sites for hydroxylation is 2. The minimum Gasteiger partial charge on any atom is -0.354 e. The molecule has 0 radical (unpaired) electrons. The van der Waals surface area contributed by atoms with Crippen LogP contribution in [0.2, 0.25) is 0 Å². The van der Waals surface area contributed by atoms with Gasteiger partial charge in [-0.25, -0.2) is 9.97 Å². The summed E-state index contributed by atoms with van der Waals surface area (Å²) in [6, 6.07) is 7.96. The van der Waals surface area contributed by atoms with Gasteiger partial charge in [0.15, 0.2) is 0 Å². The molecule has 144 valence electrons. The van der Waals surface area contributed by atoms with Crippen LogP contribution in [0.25, 0.3) is 0 Å². The molecule has 1 aliphatic rings. The van der Waals surface area contributed by atoms with E-state index >= 15 is 0 Å². The van der Waals surface area contributed by atoms with Gasteiger partial charge < -0.3 is 10.2 Å². The average molecular weight is 368 g/mol. The van der Waals surface area contributed by atoms with E-state index in [2.05, 4.69) is 31.2 Å². The molecule has 27 heavy (non-hydrogen) atoms. The Hall–Kier alpha value is -2.54. The van der Waals surface area contributed by atoms with Gasteiger partial charge in [-0.05, 0) is 32.0 Å². The molecule has 0 unspecified atom stereocenters. The Labute approximate surface area is 160 Å². The fourth-order valence-corrected chi connectivity index (χ4v) is 3.28. The third-order valence-corrected chi connectivity index (χ3v) is 4.74. The van der Waals surface area contributed by atoms with Crippen molar-refractivity contribution in [2.75, 3.05) is 44.6 Å². The molecule has 7 heteroatoms. The molecular weight excluding hydrogens is 340 g/mol. The predicted molar refractivity (Wildman–Crippen MR) is 106 cm³/mol. The lowest BCUT2D eigenvalue weighted by atomic mass is 10.2. The molecule has 0 spiro atoms.